The first kappa shape index (κ1) is 18.0. The molecule has 1 aromatic heterocycles. The Hall–Kier alpha value is -1.76. The van der Waals surface area contributed by atoms with Gasteiger partial charge in [-0.3, -0.25) is 9.59 Å². The molecule has 7 heteroatoms. The number of carbonyl (C=O) groups excluding carboxylic acids is 2. The van der Waals surface area contributed by atoms with Crippen LogP contribution < -0.4 is 4.74 Å². The van der Waals surface area contributed by atoms with E-state index in [9.17, 15) is 9.59 Å². The van der Waals surface area contributed by atoms with Crippen molar-refractivity contribution in [2.24, 2.45) is 5.92 Å². The van der Waals surface area contributed by atoms with Gasteiger partial charge in [0.05, 0.1) is 12.5 Å². The average Bonchev–Trinajstić information content (AvgIpc) is 3.15. The molecule has 3 rings (SSSR count). The van der Waals surface area contributed by atoms with Crippen LogP contribution in [0.5, 0.6) is 5.88 Å². The molecule has 2 aliphatic rings. The van der Waals surface area contributed by atoms with E-state index in [0.717, 1.165) is 17.9 Å². The number of rotatable bonds is 5. The highest BCUT2D eigenvalue weighted by molar-refractivity contribution is 7.99. The summed E-state index contributed by atoms with van der Waals surface area (Å²) in [7, 11) is 0. The van der Waals surface area contributed by atoms with Crippen LogP contribution in [0.4, 0.5) is 0 Å². The largest absolute Gasteiger partial charge is 0.473 e. The fourth-order valence-electron chi connectivity index (χ4n) is 3.16. The zero-order chi connectivity index (χ0) is 17.6. The van der Waals surface area contributed by atoms with Gasteiger partial charge in [0, 0.05) is 25.0 Å². The molecule has 0 saturated carbocycles. The molecule has 0 aromatic carbocycles. The molecular formula is C18H24N2O4S. The van der Waals surface area contributed by atoms with E-state index in [1.54, 1.807) is 23.2 Å². The topological polar surface area (TPSA) is 68.7 Å². The molecule has 0 radical (unpaired) electrons. The van der Waals surface area contributed by atoms with Gasteiger partial charge in [0.15, 0.2) is 0 Å². The quantitative estimate of drug-likeness (QED) is 0.747. The number of aromatic nitrogens is 1. The molecule has 2 aliphatic heterocycles. The van der Waals surface area contributed by atoms with Crippen LogP contribution in [0, 0.1) is 5.92 Å². The van der Waals surface area contributed by atoms with E-state index in [0.29, 0.717) is 44.0 Å². The first-order valence-corrected chi connectivity index (χ1v) is 9.99. The molecule has 1 atom stereocenters. The van der Waals surface area contributed by atoms with Crippen LogP contribution in [-0.2, 0) is 9.53 Å². The fourth-order valence-corrected chi connectivity index (χ4v) is 4.25. The van der Waals surface area contributed by atoms with Crippen molar-refractivity contribution in [2.75, 3.05) is 31.2 Å². The Labute approximate surface area is 152 Å². The minimum Gasteiger partial charge on any atom is -0.473 e. The van der Waals surface area contributed by atoms with E-state index in [4.69, 9.17) is 9.47 Å². The first-order valence-electron chi connectivity index (χ1n) is 8.84. The van der Waals surface area contributed by atoms with Gasteiger partial charge in [-0.05, 0) is 44.1 Å². The summed E-state index contributed by atoms with van der Waals surface area (Å²) in [6.45, 7) is 3.31. The van der Waals surface area contributed by atoms with Gasteiger partial charge in [-0.2, -0.15) is 11.8 Å². The van der Waals surface area contributed by atoms with E-state index in [-0.39, 0.29) is 23.9 Å². The van der Waals surface area contributed by atoms with Crippen molar-refractivity contribution in [3.05, 3.63) is 23.9 Å². The van der Waals surface area contributed by atoms with Gasteiger partial charge < -0.3 is 14.4 Å². The smallest absolute Gasteiger partial charge is 0.309 e. The van der Waals surface area contributed by atoms with Gasteiger partial charge in [-0.1, -0.05) is 0 Å². The Morgan fingerprint density at radius 1 is 1.32 bits per heavy atom. The molecule has 2 fully saturated rings. The number of nitrogens with zero attached hydrogens (tertiary/aromatic N) is 2. The predicted octanol–water partition coefficient (Wildman–Crippen LogP) is 2.38. The van der Waals surface area contributed by atoms with E-state index in [2.05, 4.69) is 4.98 Å². The summed E-state index contributed by atoms with van der Waals surface area (Å²) in [5, 5.41) is 0. The second-order valence-electron chi connectivity index (χ2n) is 6.28. The minimum absolute atomic E-state index is 0.0731. The van der Waals surface area contributed by atoms with Crippen molar-refractivity contribution in [3.8, 4) is 5.88 Å². The number of amides is 1. The molecular weight excluding hydrogens is 340 g/mol. The van der Waals surface area contributed by atoms with Crippen molar-refractivity contribution in [2.45, 2.75) is 32.3 Å². The molecule has 136 valence electrons. The third kappa shape index (κ3) is 4.45. The third-order valence-corrected chi connectivity index (χ3v) is 5.70. The van der Waals surface area contributed by atoms with Crippen LogP contribution in [-0.4, -0.2) is 59.1 Å². The Bertz CT molecular complexity index is 611. The van der Waals surface area contributed by atoms with Gasteiger partial charge in [0.25, 0.3) is 5.91 Å². The van der Waals surface area contributed by atoms with E-state index < -0.39 is 0 Å². The van der Waals surface area contributed by atoms with Gasteiger partial charge in [-0.15, -0.1) is 0 Å². The number of hydrogen-bond donors (Lipinski definition) is 0. The summed E-state index contributed by atoms with van der Waals surface area (Å²) in [5.74, 6) is 2.11. The molecule has 3 heterocycles. The first-order chi connectivity index (χ1) is 12.2. The number of esters is 1. The number of ether oxygens (including phenoxy) is 2. The van der Waals surface area contributed by atoms with Crippen LogP contribution in [0.15, 0.2) is 18.3 Å². The molecule has 25 heavy (non-hydrogen) atoms. The summed E-state index contributed by atoms with van der Waals surface area (Å²) < 4.78 is 11.0. The second-order valence-corrected chi connectivity index (χ2v) is 7.43. The molecule has 2 saturated heterocycles. The molecule has 0 N–H and O–H groups in total. The lowest BCUT2D eigenvalue weighted by atomic mass is 9.96. The molecule has 0 spiro atoms. The van der Waals surface area contributed by atoms with Crippen LogP contribution in [0.25, 0.3) is 0 Å². The highest BCUT2D eigenvalue weighted by Crippen LogP contribution is 2.26. The van der Waals surface area contributed by atoms with E-state index in [1.165, 1.54) is 0 Å². The SMILES string of the molecule is CCOC(=O)C1CCN(C(=O)c2cccnc2OC2CCSC2)CC1. The van der Waals surface area contributed by atoms with Gasteiger partial charge in [0.2, 0.25) is 5.88 Å². The van der Waals surface area contributed by atoms with Crippen LogP contribution in [0.2, 0.25) is 0 Å². The minimum atomic E-state index is -0.154. The third-order valence-electron chi connectivity index (χ3n) is 4.57. The predicted molar refractivity (Wildman–Crippen MR) is 95.9 cm³/mol. The molecule has 1 amide bonds. The highest BCUT2D eigenvalue weighted by Gasteiger charge is 2.30. The normalized spacial score (nSPS) is 21.2. The Kier molecular flexibility index (Phi) is 6.18. The van der Waals surface area contributed by atoms with Crippen LogP contribution >= 0.6 is 11.8 Å². The number of pyridine rings is 1. The van der Waals surface area contributed by atoms with Gasteiger partial charge in [0.1, 0.15) is 11.7 Å². The second kappa shape index (κ2) is 8.56. The number of thioether (sulfide) groups is 1. The van der Waals surface area contributed by atoms with E-state index >= 15 is 0 Å². The Morgan fingerprint density at radius 2 is 2.12 bits per heavy atom. The molecule has 1 aromatic rings. The maximum atomic E-state index is 12.9. The number of likely N-dealkylation sites (tertiary alicyclic amines) is 1. The van der Waals surface area contributed by atoms with Crippen LogP contribution in [0.3, 0.4) is 0 Å². The number of carbonyl (C=O) groups is 2. The maximum absolute atomic E-state index is 12.9. The summed E-state index contributed by atoms with van der Waals surface area (Å²) in [6.07, 6.45) is 4.04. The Morgan fingerprint density at radius 3 is 2.80 bits per heavy atom. The lowest BCUT2D eigenvalue weighted by Crippen LogP contribution is -2.41. The summed E-state index contributed by atoms with van der Waals surface area (Å²) in [4.78, 5) is 30.8. The van der Waals surface area contributed by atoms with Crippen LogP contribution in [0.1, 0.15) is 36.5 Å². The van der Waals surface area contributed by atoms with Gasteiger partial charge in [-0.25, -0.2) is 4.98 Å². The van der Waals surface area contributed by atoms with E-state index in [1.807, 2.05) is 18.7 Å². The summed E-state index contributed by atoms with van der Waals surface area (Å²) >= 11 is 1.86. The summed E-state index contributed by atoms with van der Waals surface area (Å²) in [6, 6.07) is 3.53. The standard InChI is InChI=1S/C18H24N2O4S/c1-2-23-18(22)13-5-9-20(10-6-13)17(21)15-4-3-8-19-16(15)24-14-7-11-25-12-14/h3-4,8,13-14H,2,5-7,9-12H2,1H3. The molecule has 1 unspecified atom stereocenters. The lowest BCUT2D eigenvalue weighted by Gasteiger charge is -2.31. The average molecular weight is 364 g/mol. The van der Waals surface area contributed by atoms with Crippen molar-refractivity contribution in [3.63, 3.8) is 0 Å². The Balaban J connectivity index is 1.63. The zero-order valence-electron chi connectivity index (χ0n) is 14.5. The summed E-state index contributed by atoms with van der Waals surface area (Å²) in [5.41, 5.74) is 0.508. The van der Waals surface area contributed by atoms with Crippen molar-refractivity contribution >= 4 is 23.6 Å². The van der Waals surface area contributed by atoms with Crippen molar-refractivity contribution in [1.29, 1.82) is 0 Å². The van der Waals surface area contributed by atoms with Crippen molar-refractivity contribution < 1.29 is 19.1 Å². The van der Waals surface area contributed by atoms with Gasteiger partial charge >= 0.3 is 5.97 Å². The fraction of sp³-hybridized carbons (Fsp3) is 0.611. The zero-order valence-corrected chi connectivity index (χ0v) is 15.3. The molecule has 0 aliphatic carbocycles. The molecule has 0 bridgehead atoms. The maximum Gasteiger partial charge on any atom is 0.309 e. The monoisotopic (exact) mass is 364 g/mol. The highest BCUT2D eigenvalue weighted by atomic mass is 32.2. The number of hydrogen-bond acceptors (Lipinski definition) is 6. The molecule has 6 nitrogen and oxygen atoms in total. The lowest BCUT2D eigenvalue weighted by molar-refractivity contribution is -0.149. The van der Waals surface area contributed by atoms with Crippen molar-refractivity contribution in [1.82, 2.24) is 9.88 Å². The number of piperidine rings is 1.